The molecule has 0 aliphatic carbocycles. The normalized spacial score (nSPS) is 10.6. The number of thiol groups is 1. The lowest BCUT2D eigenvalue weighted by Crippen LogP contribution is -2.33. The Morgan fingerprint density at radius 2 is 2.36 bits per heavy atom. The van der Waals surface area contributed by atoms with Crippen LogP contribution in [0.1, 0.15) is 0 Å². The van der Waals surface area contributed by atoms with Crippen molar-refractivity contribution in [2.75, 3.05) is 12.4 Å². The number of halogens is 1. The van der Waals surface area contributed by atoms with Gasteiger partial charge in [0.25, 0.3) is 0 Å². The molecule has 1 unspecified atom stereocenters. The summed E-state index contributed by atoms with van der Waals surface area (Å²) in [5, 5.41) is 0. The van der Waals surface area contributed by atoms with Gasteiger partial charge >= 0.3 is 5.97 Å². The Hall–Kier alpha value is -0.370. The van der Waals surface area contributed by atoms with Gasteiger partial charge in [0.2, 0.25) is 0 Å². The van der Waals surface area contributed by atoms with E-state index in [4.69, 9.17) is 12.2 Å². The van der Waals surface area contributed by atoms with Crippen LogP contribution in [0.3, 0.4) is 0 Å². The summed E-state index contributed by atoms with van der Waals surface area (Å²) in [6.07, 6.45) is 4.83. The van der Waals surface area contributed by atoms with Crippen LogP contribution in [0.2, 0.25) is 0 Å². The second-order valence-electron chi connectivity index (χ2n) is 1.60. The summed E-state index contributed by atoms with van der Waals surface area (Å²) in [5.41, 5.74) is 5.24. The second-order valence-corrected chi connectivity index (χ2v) is 1.97. The van der Waals surface area contributed by atoms with Crippen LogP contribution >= 0.6 is 25.0 Å². The molecular formula is C6H10ClNO2S. The fourth-order valence-electron chi connectivity index (χ4n) is 0.294. The highest BCUT2D eigenvalue weighted by Crippen LogP contribution is 1.87. The van der Waals surface area contributed by atoms with Gasteiger partial charge in [0.05, 0.1) is 0 Å². The van der Waals surface area contributed by atoms with Crippen molar-refractivity contribution < 1.29 is 9.53 Å². The van der Waals surface area contributed by atoms with Gasteiger partial charge in [-0.3, -0.25) is 4.79 Å². The average molecular weight is 196 g/mol. The quantitative estimate of drug-likeness (QED) is 0.374. The van der Waals surface area contributed by atoms with Crippen LogP contribution in [0.4, 0.5) is 0 Å². The van der Waals surface area contributed by atoms with E-state index in [0.717, 1.165) is 0 Å². The molecule has 0 aromatic rings. The van der Waals surface area contributed by atoms with Gasteiger partial charge in [-0.25, -0.2) is 0 Å². The highest BCUT2D eigenvalue weighted by atomic mass is 35.5. The zero-order valence-corrected chi connectivity index (χ0v) is 7.53. The molecule has 0 aromatic carbocycles. The SMILES string of the molecule is C#CCOC(=O)C(N)CS.Cl. The van der Waals surface area contributed by atoms with Crippen molar-refractivity contribution in [2.45, 2.75) is 6.04 Å². The minimum atomic E-state index is -0.670. The Bertz CT molecular complexity index is 157. The minimum Gasteiger partial charge on any atom is -0.451 e. The lowest BCUT2D eigenvalue weighted by molar-refractivity contribution is -0.143. The first kappa shape index (κ1) is 13.2. The van der Waals surface area contributed by atoms with Crippen molar-refractivity contribution >= 4 is 31.0 Å². The minimum absolute atomic E-state index is 0. The van der Waals surface area contributed by atoms with E-state index in [1.807, 2.05) is 0 Å². The molecule has 1 atom stereocenters. The van der Waals surface area contributed by atoms with Gasteiger partial charge in [0, 0.05) is 5.75 Å². The van der Waals surface area contributed by atoms with Gasteiger partial charge in [-0.1, -0.05) is 5.92 Å². The van der Waals surface area contributed by atoms with Crippen LogP contribution in [0.25, 0.3) is 0 Å². The third-order valence-corrected chi connectivity index (χ3v) is 1.19. The highest BCUT2D eigenvalue weighted by molar-refractivity contribution is 7.80. The van der Waals surface area contributed by atoms with E-state index in [1.54, 1.807) is 0 Å². The third kappa shape index (κ3) is 6.05. The lowest BCUT2D eigenvalue weighted by atomic mass is 10.4. The highest BCUT2D eigenvalue weighted by Gasteiger charge is 2.11. The summed E-state index contributed by atoms with van der Waals surface area (Å²) < 4.78 is 4.49. The van der Waals surface area contributed by atoms with Crippen LogP contribution in [0.5, 0.6) is 0 Å². The first-order valence-electron chi connectivity index (χ1n) is 2.69. The maximum absolute atomic E-state index is 10.6. The smallest absolute Gasteiger partial charge is 0.324 e. The fraction of sp³-hybridized carbons (Fsp3) is 0.500. The predicted molar refractivity (Wildman–Crippen MR) is 48.9 cm³/mol. The topological polar surface area (TPSA) is 52.3 Å². The molecule has 0 saturated carbocycles. The van der Waals surface area contributed by atoms with Crippen LogP contribution in [0, 0.1) is 12.3 Å². The molecule has 64 valence electrons. The van der Waals surface area contributed by atoms with Crippen LogP contribution in [-0.4, -0.2) is 24.4 Å². The Kier molecular flexibility index (Phi) is 9.31. The summed E-state index contributed by atoms with van der Waals surface area (Å²) in [4.78, 5) is 10.6. The molecule has 0 radical (unpaired) electrons. The number of rotatable bonds is 3. The monoisotopic (exact) mass is 195 g/mol. The van der Waals surface area contributed by atoms with Crippen molar-refractivity contribution in [1.82, 2.24) is 0 Å². The van der Waals surface area contributed by atoms with E-state index in [2.05, 4.69) is 23.3 Å². The molecule has 0 aliphatic heterocycles. The zero-order valence-electron chi connectivity index (χ0n) is 5.82. The summed E-state index contributed by atoms with van der Waals surface area (Å²) in [6.45, 7) is -0.0275. The van der Waals surface area contributed by atoms with Crippen molar-refractivity contribution in [3.05, 3.63) is 0 Å². The third-order valence-electron chi connectivity index (χ3n) is 0.797. The molecule has 0 saturated heterocycles. The van der Waals surface area contributed by atoms with Gasteiger partial charge in [0.1, 0.15) is 6.04 Å². The largest absolute Gasteiger partial charge is 0.451 e. The van der Waals surface area contributed by atoms with Crippen molar-refractivity contribution in [3.63, 3.8) is 0 Å². The van der Waals surface area contributed by atoms with E-state index in [9.17, 15) is 4.79 Å². The van der Waals surface area contributed by atoms with E-state index < -0.39 is 12.0 Å². The molecule has 0 fully saturated rings. The Labute approximate surface area is 77.5 Å². The maximum Gasteiger partial charge on any atom is 0.324 e. The summed E-state index contributed by atoms with van der Waals surface area (Å²) >= 11 is 3.80. The number of esters is 1. The summed E-state index contributed by atoms with van der Waals surface area (Å²) in [5.74, 6) is 1.91. The Morgan fingerprint density at radius 3 is 2.73 bits per heavy atom. The molecule has 2 N–H and O–H groups in total. The van der Waals surface area contributed by atoms with E-state index >= 15 is 0 Å². The first-order valence-corrected chi connectivity index (χ1v) is 3.32. The van der Waals surface area contributed by atoms with E-state index in [1.165, 1.54) is 0 Å². The molecule has 0 heterocycles. The fourth-order valence-corrected chi connectivity index (χ4v) is 0.443. The number of carbonyl (C=O) groups is 1. The molecule has 0 spiro atoms. The molecule has 3 nitrogen and oxygen atoms in total. The van der Waals surface area contributed by atoms with Gasteiger partial charge in [0.15, 0.2) is 6.61 Å². The number of ether oxygens (including phenoxy) is 1. The first-order chi connectivity index (χ1) is 4.72. The number of terminal acetylenes is 1. The van der Waals surface area contributed by atoms with Crippen LogP contribution in [0.15, 0.2) is 0 Å². The van der Waals surface area contributed by atoms with Crippen molar-refractivity contribution in [2.24, 2.45) is 5.73 Å². The van der Waals surface area contributed by atoms with E-state index in [0.29, 0.717) is 0 Å². The molecule has 0 amide bonds. The second kappa shape index (κ2) is 7.73. The predicted octanol–water partition coefficient (Wildman–Crippen LogP) is -0.158. The van der Waals surface area contributed by atoms with Gasteiger partial charge in [-0.15, -0.1) is 18.8 Å². The maximum atomic E-state index is 10.6. The Morgan fingerprint density at radius 1 is 1.82 bits per heavy atom. The molecule has 11 heavy (non-hydrogen) atoms. The number of nitrogens with two attached hydrogens (primary N) is 1. The summed E-state index contributed by atoms with van der Waals surface area (Å²) in [7, 11) is 0. The average Bonchev–Trinajstić information content (AvgIpc) is 1.98. The lowest BCUT2D eigenvalue weighted by Gasteiger charge is -2.05. The van der Waals surface area contributed by atoms with Gasteiger partial charge < -0.3 is 10.5 Å². The molecule has 0 aromatic heterocycles. The van der Waals surface area contributed by atoms with Crippen molar-refractivity contribution in [3.8, 4) is 12.3 Å². The van der Waals surface area contributed by atoms with Crippen LogP contribution in [-0.2, 0) is 9.53 Å². The number of hydrogen-bond donors (Lipinski definition) is 2. The van der Waals surface area contributed by atoms with Crippen molar-refractivity contribution in [1.29, 1.82) is 0 Å². The van der Waals surface area contributed by atoms with E-state index in [-0.39, 0.29) is 24.8 Å². The molecular weight excluding hydrogens is 186 g/mol. The molecule has 0 rings (SSSR count). The Balaban J connectivity index is 0. The summed E-state index contributed by atoms with van der Waals surface area (Å²) in [6, 6.07) is -0.670. The zero-order chi connectivity index (χ0) is 7.98. The number of hydrogen-bond acceptors (Lipinski definition) is 4. The molecule has 0 bridgehead atoms. The molecule has 0 aliphatic rings. The molecule has 5 heteroatoms. The van der Waals surface area contributed by atoms with Gasteiger partial charge in [-0.05, 0) is 0 Å². The standard InChI is InChI=1S/C6H9NO2S.ClH/c1-2-3-9-6(8)5(7)4-10;/h1,5,10H,3-4,7H2;1H. The van der Waals surface area contributed by atoms with Crippen LogP contribution < -0.4 is 5.73 Å². The number of carbonyl (C=O) groups excluding carboxylic acids is 1. The van der Waals surface area contributed by atoms with Gasteiger partial charge in [-0.2, -0.15) is 12.6 Å².